The molecule has 286 valence electrons. The minimum absolute atomic E-state index is 0.0632. The van der Waals surface area contributed by atoms with E-state index in [9.17, 15) is 26.3 Å². The summed E-state index contributed by atoms with van der Waals surface area (Å²) in [6.45, 7) is 0. The maximum atomic E-state index is 11.7. The van der Waals surface area contributed by atoms with Gasteiger partial charge in [0.25, 0.3) is 0 Å². The quantitative estimate of drug-likeness (QED) is 0.0792. The summed E-state index contributed by atoms with van der Waals surface area (Å²) in [5.74, 6) is -0.0892. The Bertz CT molecular complexity index is 1590. The van der Waals surface area contributed by atoms with E-state index in [4.69, 9.17) is 49.7 Å². The number of methoxy groups -OCH3 is 2. The normalized spacial score (nSPS) is 10.5. The van der Waals surface area contributed by atoms with Crippen LogP contribution in [0.2, 0.25) is 0 Å². The molecule has 0 heterocycles. The van der Waals surface area contributed by atoms with Gasteiger partial charge in [-0.3, -0.25) is 0 Å². The van der Waals surface area contributed by atoms with Crippen LogP contribution in [0.25, 0.3) is 0 Å². The zero-order valence-electron chi connectivity index (χ0n) is 28.4. The molecule has 0 unspecified atom stereocenters. The van der Waals surface area contributed by atoms with Gasteiger partial charge in [-0.1, -0.05) is 42.5 Å². The van der Waals surface area contributed by atoms with Crippen molar-refractivity contribution in [3.8, 4) is 23.0 Å². The summed E-state index contributed by atoms with van der Waals surface area (Å²) >= 11 is 0. The minimum atomic E-state index is -4.78. The molecular weight excluding hydrogens is 724 g/mol. The van der Waals surface area contributed by atoms with E-state index in [1.807, 2.05) is 31.1 Å². The molecule has 0 atom stereocenters. The maximum Gasteiger partial charge on any atom is 0.573 e. The van der Waals surface area contributed by atoms with Crippen LogP contribution in [-0.2, 0) is 0 Å². The van der Waals surface area contributed by atoms with Crippen molar-refractivity contribution in [2.45, 2.75) is 12.7 Å². The van der Waals surface area contributed by atoms with Crippen molar-refractivity contribution >= 4 is 56.0 Å². The first-order valence-electron chi connectivity index (χ1n) is 14.7. The minimum Gasteiger partial charge on any atom is -0.497 e. The van der Waals surface area contributed by atoms with Gasteiger partial charge in [0.1, 0.15) is 23.0 Å². The van der Waals surface area contributed by atoms with E-state index in [2.05, 4.69) is 9.47 Å². The Kier molecular flexibility index (Phi) is 19.1. The molecule has 0 spiro atoms. The van der Waals surface area contributed by atoms with E-state index < -0.39 is 52.7 Å². The molecular formula is C30H35B4F6NO12. The lowest BCUT2D eigenvalue weighted by Gasteiger charge is -2.12. The first-order chi connectivity index (χ1) is 24.6. The zero-order valence-corrected chi connectivity index (χ0v) is 28.4. The third-order valence-electron chi connectivity index (χ3n) is 6.23. The number of rotatable bonds is 9. The van der Waals surface area contributed by atoms with Crippen molar-refractivity contribution in [2.24, 2.45) is 0 Å². The second kappa shape index (κ2) is 21.8. The second-order valence-electron chi connectivity index (χ2n) is 10.3. The van der Waals surface area contributed by atoms with E-state index in [0.29, 0.717) is 17.0 Å². The predicted molar refractivity (Wildman–Crippen MR) is 186 cm³/mol. The lowest BCUT2D eigenvalue weighted by atomic mass is 9.78. The van der Waals surface area contributed by atoms with E-state index in [1.54, 1.807) is 30.3 Å². The monoisotopic (exact) mass is 759 g/mol. The summed E-state index contributed by atoms with van der Waals surface area (Å²) in [4.78, 5) is 1.95. The number of nitrogens with zero attached hydrogens (tertiary/aromatic N) is 1. The van der Waals surface area contributed by atoms with Crippen molar-refractivity contribution in [1.82, 2.24) is 0 Å². The average molecular weight is 759 g/mol. The molecule has 13 nitrogen and oxygen atoms in total. The van der Waals surface area contributed by atoms with E-state index in [1.165, 1.54) is 26.4 Å². The van der Waals surface area contributed by atoms with E-state index >= 15 is 0 Å². The van der Waals surface area contributed by atoms with Crippen molar-refractivity contribution in [1.29, 1.82) is 0 Å². The van der Waals surface area contributed by atoms with E-state index in [-0.39, 0.29) is 16.4 Å². The highest BCUT2D eigenvalue weighted by molar-refractivity contribution is 6.61. The van der Waals surface area contributed by atoms with Gasteiger partial charge in [-0.05, 0) is 64.9 Å². The molecule has 0 radical (unpaired) electrons. The lowest BCUT2D eigenvalue weighted by Crippen LogP contribution is -2.32. The highest BCUT2D eigenvalue weighted by Gasteiger charge is 2.32. The number of halogens is 6. The van der Waals surface area contributed by atoms with Gasteiger partial charge in [-0.15, -0.1) is 26.3 Å². The summed E-state index contributed by atoms with van der Waals surface area (Å²) in [5, 5.41) is 70.3. The smallest absolute Gasteiger partial charge is 0.497 e. The molecule has 0 aromatic heterocycles. The van der Waals surface area contributed by atoms with Crippen molar-refractivity contribution in [3.63, 3.8) is 0 Å². The second-order valence-corrected chi connectivity index (χ2v) is 10.3. The Hall–Kier alpha value is -4.60. The highest BCUT2D eigenvalue weighted by Crippen LogP contribution is 2.22. The summed E-state index contributed by atoms with van der Waals surface area (Å²) in [5.41, 5.74) is 1.83. The van der Waals surface area contributed by atoms with Gasteiger partial charge in [0, 0.05) is 19.8 Å². The van der Waals surface area contributed by atoms with Crippen LogP contribution in [-0.4, -0.2) is 110 Å². The van der Waals surface area contributed by atoms with Gasteiger partial charge >= 0.3 is 41.2 Å². The fourth-order valence-corrected chi connectivity index (χ4v) is 3.79. The topological polar surface area (TPSA) is 202 Å². The van der Waals surface area contributed by atoms with Crippen LogP contribution in [0.3, 0.4) is 0 Å². The van der Waals surface area contributed by atoms with Gasteiger partial charge < -0.3 is 64.0 Å². The van der Waals surface area contributed by atoms with Crippen LogP contribution in [0.15, 0.2) is 91.0 Å². The van der Waals surface area contributed by atoms with Gasteiger partial charge in [0.05, 0.1) is 19.7 Å². The van der Waals surface area contributed by atoms with Gasteiger partial charge in [-0.25, -0.2) is 0 Å². The number of hydrogen-bond donors (Lipinski definition) is 8. The Morgan fingerprint density at radius 1 is 0.491 bits per heavy atom. The molecule has 0 amide bonds. The van der Waals surface area contributed by atoms with Crippen LogP contribution in [0, 0.1) is 0 Å². The molecule has 23 heteroatoms. The average Bonchev–Trinajstić information content (AvgIpc) is 3.07. The largest absolute Gasteiger partial charge is 0.573 e. The number of anilines is 1. The van der Waals surface area contributed by atoms with E-state index in [0.717, 1.165) is 42.1 Å². The number of benzene rings is 4. The third kappa shape index (κ3) is 18.1. The van der Waals surface area contributed by atoms with Crippen LogP contribution in [0.1, 0.15) is 0 Å². The standard InChI is InChI=1S/C8H12BNO2.C8H11BO4.2C7H6BF3O3/c1-10(2)8-5-3-7(4-6-8)9(11)12;1-12-6-4-3-5-7(13-2)8(6)9(10)11;9-7(10,11)14-6-3-1-5(2-4-6)8(12)13;9-7(10,11)14-6-3-1-2-5(4-6)8(12)13/h3-6,11-12H,1-2H3;3-5,10-11H,1-2H3;2*1-4,12-13H. The number of ether oxygens (including phenoxy) is 4. The highest BCUT2D eigenvalue weighted by atomic mass is 19.4. The Morgan fingerprint density at radius 2 is 0.887 bits per heavy atom. The van der Waals surface area contributed by atoms with Crippen LogP contribution in [0.4, 0.5) is 32.0 Å². The molecule has 4 aromatic carbocycles. The Morgan fingerprint density at radius 3 is 1.25 bits per heavy atom. The van der Waals surface area contributed by atoms with Crippen LogP contribution in [0.5, 0.6) is 23.0 Å². The molecule has 4 rings (SSSR count). The molecule has 0 bridgehead atoms. The SMILES string of the molecule is CN(C)c1ccc(B(O)O)cc1.COc1cccc(OC)c1B(O)O.OB(O)c1ccc(OC(F)(F)F)cc1.OB(O)c1cccc(OC(F)(F)F)c1. The molecule has 0 saturated heterocycles. The number of hydrogen-bond acceptors (Lipinski definition) is 13. The third-order valence-corrected chi connectivity index (χ3v) is 6.23. The molecule has 4 aromatic rings. The summed E-state index contributed by atoms with van der Waals surface area (Å²) in [6.07, 6.45) is -9.52. The van der Waals surface area contributed by atoms with Crippen LogP contribution >= 0.6 is 0 Å². The fourth-order valence-electron chi connectivity index (χ4n) is 3.79. The van der Waals surface area contributed by atoms with Crippen molar-refractivity contribution < 1.29 is 85.5 Å². The molecule has 0 aliphatic carbocycles. The zero-order chi connectivity index (χ0) is 40.5. The first kappa shape index (κ1) is 46.4. The summed E-state index contributed by atoms with van der Waals surface area (Å²) in [7, 11) is 0.310. The van der Waals surface area contributed by atoms with Crippen LogP contribution < -0.4 is 45.7 Å². The summed E-state index contributed by atoms with van der Waals surface area (Å²) < 4.78 is 87.3. The van der Waals surface area contributed by atoms with Crippen molar-refractivity contribution in [2.75, 3.05) is 33.2 Å². The lowest BCUT2D eigenvalue weighted by molar-refractivity contribution is -0.275. The predicted octanol–water partition coefficient (Wildman–Crippen LogP) is -0.654. The summed E-state index contributed by atoms with van der Waals surface area (Å²) in [6, 6.07) is 20.8. The Labute approximate surface area is 301 Å². The molecule has 53 heavy (non-hydrogen) atoms. The molecule has 0 saturated carbocycles. The molecule has 8 N–H and O–H groups in total. The maximum absolute atomic E-state index is 11.7. The van der Waals surface area contributed by atoms with Crippen molar-refractivity contribution in [3.05, 3.63) is 91.0 Å². The molecule has 0 aliphatic heterocycles. The van der Waals surface area contributed by atoms with Gasteiger partial charge in [-0.2, -0.15) is 0 Å². The number of alkyl halides is 6. The Balaban J connectivity index is 0.000000354. The fraction of sp³-hybridized carbons (Fsp3) is 0.200. The van der Waals surface area contributed by atoms with Gasteiger partial charge in [0.15, 0.2) is 0 Å². The molecule has 0 fully saturated rings. The first-order valence-corrected chi connectivity index (χ1v) is 14.7. The molecule has 0 aliphatic rings. The van der Waals surface area contributed by atoms with Gasteiger partial charge in [0.2, 0.25) is 0 Å².